The van der Waals surface area contributed by atoms with E-state index in [4.69, 9.17) is 0 Å². The number of hydrogen-bond acceptors (Lipinski definition) is 5. The summed E-state index contributed by atoms with van der Waals surface area (Å²) in [6.07, 6.45) is 4.40. The van der Waals surface area contributed by atoms with Gasteiger partial charge in [0.1, 0.15) is 0 Å². The third kappa shape index (κ3) is 4.61. The second-order valence-corrected chi connectivity index (χ2v) is 8.43. The molecule has 0 N–H and O–H groups in total. The zero-order valence-electron chi connectivity index (χ0n) is 17.9. The van der Waals surface area contributed by atoms with E-state index in [0.29, 0.717) is 5.75 Å². The van der Waals surface area contributed by atoms with Crippen molar-refractivity contribution in [3.8, 4) is 11.4 Å². The number of carbonyl (C=O) groups excluding carboxylic acids is 1. The molecule has 7 heteroatoms. The maximum Gasteiger partial charge on any atom is 0.191 e. The highest BCUT2D eigenvalue weighted by Crippen LogP contribution is 2.24. The van der Waals surface area contributed by atoms with Gasteiger partial charge in [-0.25, -0.2) is 0 Å². The smallest absolute Gasteiger partial charge is 0.191 e. The number of benzene rings is 1. The van der Waals surface area contributed by atoms with Crippen LogP contribution in [0.3, 0.4) is 0 Å². The van der Waals surface area contributed by atoms with Crippen molar-refractivity contribution in [2.24, 2.45) is 7.05 Å². The fraction of sp³-hybridized carbons (Fsp3) is 0.250. The first-order chi connectivity index (χ1) is 15.0. The molecule has 0 spiro atoms. The van der Waals surface area contributed by atoms with Gasteiger partial charge in [-0.3, -0.25) is 9.78 Å². The zero-order valence-corrected chi connectivity index (χ0v) is 18.8. The lowest BCUT2D eigenvalue weighted by Gasteiger charge is -2.10. The SMILES string of the molecule is Cc1cc(C(=O)CSc2nnc(-c3ccncc3)n2C)c(C)n1CCc1ccccc1. The summed E-state index contributed by atoms with van der Waals surface area (Å²) in [5.41, 5.74) is 5.17. The highest BCUT2D eigenvalue weighted by molar-refractivity contribution is 7.99. The van der Waals surface area contributed by atoms with E-state index in [9.17, 15) is 4.79 Å². The summed E-state index contributed by atoms with van der Waals surface area (Å²) >= 11 is 1.41. The van der Waals surface area contributed by atoms with E-state index in [2.05, 4.69) is 50.9 Å². The monoisotopic (exact) mass is 431 g/mol. The minimum Gasteiger partial charge on any atom is -0.348 e. The van der Waals surface area contributed by atoms with Gasteiger partial charge in [0.2, 0.25) is 0 Å². The molecular formula is C24H25N5OS. The number of pyridine rings is 1. The highest BCUT2D eigenvalue weighted by Gasteiger charge is 2.18. The topological polar surface area (TPSA) is 65.6 Å². The Morgan fingerprint density at radius 1 is 1.03 bits per heavy atom. The summed E-state index contributed by atoms with van der Waals surface area (Å²) in [6, 6.07) is 16.2. The summed E-state index contributed by atoms with van der Waals surface area (Å²) in [5.74, 6) is 1.19. The van der Waals surface area contributed by atoms with Crippen molar-refractivity contribution < 1.29 is 4.79 Å². The normalized spacial score (nSPS) is 11.1. The summed E-state index contributed by atoms with van der Waals surface area (Å²) in [4.78, 5) is 17.0. The van der Waals surface area contributed by atoms with Crippen LogP contribution in [0.4, 0.5) is 0 Å². The highest BCUT2D eigenvalue weighted by atomic mass is 32.2. The second-order valence-electron chi connectivity index (χ2n) is 7.48. The van der Waals surface area contributed by atoms with Crippen LogP contribution >= 0.6 is 11.8 Å². The molecular weight excluding hydrogens is 406 g/mol. The average Bonchev–Trinajstić information content (AvgIpc) is 3.30. The number of thioether (sulfide) groups is 1. The predicted molar refractivity (Wildman–Crippen MR) is 123 cm³/mol. The molecule has 0 aliphatic rings. The molecule has 158 valence electrons. The van der Waals surface area contributed by atoms with Crippen molar-refractivity contribution >= 4 is 17.5 Å². The number of rotatable bonds is 8. The fourth-order valence-corrected chi connectivity index (χ4v) is 4.51. The fourth-order valence-electron chi connectivity index (χ4n) is 3.71. The van der Waals surface area contributed by atoms with Gasteiger partial charge in [-0.1, -0.05) is 42.1 Å². The Balaban J connectivity index is 1.43. The molecule has 31 heavy (non-hydrogen) atoms. The van der Waals surface area contributed by atoms with Gasteiger partial charge in [0, 0.05) is 48.5 Å². The molecule has 1 aromatic carbocycles. The number of hydrogen-bond donors (Lipinski definition) is 0. The summed E-state index contributed by atoms with van der Waals surface area (Å²) in [6.45, 7) is 4.95. The van der Waals surface area contributed by atoms with E-state index in [1.165, 1.54) is 17.3 Å². The van der Waals surface area contributed by atoms with Crippen LogP contribution in [0, 0.1) is 13.8 Å². The van der Waals surface area contributed by atoms with E-state index in [1.807, 2.05) is 42.8 Å². The molecule has 0 aliphatic heterocycles. The minimum atomic E-state index is 0.109. The first-order valence-corrected chi connectivity index (χ1v) is 11.2. The maximum atomic E-state index is 13.0. The molecule has 4 aromatic rings. The molecule has 0 atom stereocenters. The van der Waals surface area contributed by atoms with E-state index in [0.717, 1.165) is 46.5 Å². The maximum absolute atomic E-state index is 13.0. The van der Waals surface area contributed by atoms with Gasteiger partial charge >= 0.3 is 0 Å². The van der Waals surface area contributed by atoms with E-state index in [1.54, 1.807) is 12.4 Å². The van der Waals surface area contributed by atoms with Gasteiger partial charge < -0.3 is 9.13 Å². The first-order valence-electron chi connectivity index (χ1n) is 10.2. The summed E-state index contributed by atoms with van der Waals surface area (Å²) < 4.78 is 4.14. The van der Waals surface area contributed by atoms with E-state index < -0.39 is 0 Å². The molecule has 0 unspecified atom stereocenters. The molecule has 0 bridgehead atoms. The molecule has 0 aliphatic carbocycles. The van der Waals surface area contributed by atoms with Crippen molar-refractivity contribution in [1.29, 1.82) is 0 Å². The van der Waals surface area contributed by atoms with Crippen LogP contribution in [0.5, 0.6) is 0 Å². The molecule has 0 fully saturated rings. The lowest BCUT2D eigenvalue weighted by molar-refractivity contribution is 0.102. The van der Waals surface area contributed by atoms with Gasteiger partial charge in [0.15, 0.2) is 16.8 Å². The predicted octanol–water partition coefficient (Wildman–Crippen LogP) is 4.51. The number of aromatic nitrogens is 5. The molecule has 0 radical (unpaired) electrons. The van der Waals surface area contributed by atoms with Crippen molar-refractivity contribution in [3.05, 3.63) is 83.4 Å². The van der Waals surface area contributed by atoms with Gasteiger partial charge in [0.25, 0.3) is 0 Å². The van der Waals surface area contributed by atoms with Crippen LogP contribution in [-0.2, 0) is 20.0 Å². The number of aryl methyl sites for hydroxylation is 2. The van der Waals surface area contributed by atoms with Crippen molar-refractivity contribution in [2.75, 3.05) is 5.75 Å². The Morgan fingerprint density at radius 2 is 1.77 bits per heavy atom. The lowest BCUT2D eigenvalue weighted by Crippen LogP contribution is -2.08. The molecule has 6 nitrogen and oxygen atoms in total. The molecule has 0 saturated heterocycles. The Morgan fingerprint density at radius 3 is 2.52 bits per heavy atom. The average molecular weight is 432 g/mol. The second kappa shape index (κ2) is 9.31. The Bertz CT molecular complexity index is 1180. The molecule has 3 heterocycles. The molecule has 0 saturated carbocycles. The molecule has 4 rings (SSSR count). The number of nitrogens with zero attached hydrogens (tertiary/aromatic N) is 5. The van der Waals surface area contributed by atoms with Gasteiger partial charge in [-0.2, -0.15) is 0 Å². The van der Waals surface area contributed by atoms with Gasteiger partial charge in [-0.15, -0.1) is 10.2 Å². The van der Waals surface area contributed by atoms with E-state index >= 15 is 0 Å². The standard InChI is InChI=1S/C24H25N5OS/c1-17-15-21(18(2)29(17)14-11-19-7-5-4-6-8-19)22(30)16-31-24-27-26-23(28(24)3)20-9-12-25-13-10-20/h4-10,12-13,15H,11,14,16H2,1-3H3. The van der Waals surface area contributed by atoms with Crippen molar-refractivity contribution in [2.45, 2.75) is 32.0 Å². The van der Waals surface area contributed by atoms with Crippen LogP contribution in [0.1, 0.15) is 27.3 Å². The van der Waals surface area contributed by atoms with Crippen molar-refractivity contribution in [1.82, 2.24) is 24.3 Å². The molecule has 3 aromatic heterocycles. The quantitative estimate of drug-likeness (QED) is 0.303. The molecule has 0 amide bonds. The van der Waals surface area contributed by atoms with Crippen LogP contribution in [0.15, 0.2) is 66.1 Å². The summed E-state index contributed by atoms with van der Waals surface area (Å²) in [7, 11) is 1.91. The van der Waals surface area contributed by atoms with Crippen LogP contribution in [-0.4, -0.2) is 35.9 Å². The Labute approximate surface area is 186 Å². The third-order valence-corrected chi connectivity index (χ3v) is 6.47. The Hall–Kier alpha value is -3.19. The van der Waals surface area contributed by atoms with Crippen LogP contribution in [0.2, 0.25) is 0 Å². The zero-order chi connectivity index (χ0) is 21.8. The van der Waals surface area contributed by atoms with E-state index in [-0.39, 0.29) is 5.78 Å². The van der Waals surface area contributed by atoms with Crippen molar-refractivity contribution in [3.63, 3.8) is 0 Å². The Kier molecular flexibility index (Phi) is 6.32. The lowest BCUT2D eigenvalue weighted by atomic mass is 10.1. The van der Waals surface area contributed by atoms with Crippen LogP contribution in [0.25, 0.3) is 11.4 Å². The van der Waals surface area contributed by atoms with Crippen LogP contribution < -0.4 is 0 Å². The number of ketones is 1. The minimum absolute atomic E-state index is 0.109. The van der Waals surface area contributed by atoms with Gasteiger partial charge in [-0.05, 0) is 44.0 Å². The largest absolute Gasteiger partial charge is 0.348 e. The summed E-state index contributed by atoms with van der Waals surface area (Å²) in [5, 5.41) is 9.26. The third-order valence-electron chi connectivity index (χ3n) is 5.45. The number of carbonyl (C=O) groups is 1. The first kappa shape index (κ1) is 21.1. The number of Topliss-reactive ketones (excluding diaryl/α,β-unsaturated/α-hetero) is 1. The van der Waals surface area contributed by atoms with Gasteiger partial charge in [0.05, 0.1) is 5.75 Å².